The van der Waals surface area contributed by atoms with Crippen LogP contribution in [0.2, 0.25) is 0 Å². The largest absolute Gasteiger partial charge is 0.497 e. The van der Waals surface area contributed by atoms with Gasteiger partial charge in [0, 0.05) is 40.4 Å². The van der Waals surface area contributed by atoms with Crippen LogP contribution in [-0.4, -0.2) is 44.4 Å². The molecular formula is C26H19FN6O2. The number of H-pyrrole nitrogens is 2. The molecule has 8 nitrogen and oxygen atoms in total. The van der Waals surface area contributed by atoms with Crippen molar-refractivity contribution in [1.82, 2.24) is 30.1 Å². The van der Waals surface area contributed by atoms with E-state index in [1.807, 2.05) is 18.2 Å². The Morgan fingerprint density at radius 3 is 2.43 bits per heavy atom. The first-order chi connectivity index (χ1) is 17.1. The van der Waals surface area contributed by atoms with E-state index >= 15 is 0 Å². The average molecular weight is 466 g/mol. The molecule has 0 bridgehead atoms. The predicted molar refractivity (Wildman–Crippen MR) is 131 cm³/mol. The fourth-order valence-corrected chi connectivity index (χ4v) is 4.20. The summed E-state index contributed by atoms with van der Waals surface area (Å²) in [5.74, 6) is 0.719. The van der Waals surface area contributed by atoms with E-state index < -0.39 is 0 Å². The lowest BCUT2D eigenvalue weighted by Gasteiger charge is -2.06. The van der Waals surface area contributed by atoms with Crippen LogP contribution in [0.1, 0.15) is 0 Å². The van der Waals surface area contributed by atoms with Crippen molar-refractivity contribution < 1.29 is 13.9 Å². The number of methoxy groups -OCH3 is 2. The number of ether oxygens (including phenoxy) is 2. The summed E-state index contributed by atoms with van der Waals surface area (Å²) in [6.07, 6.45) is 8.59. The van der Waals surface area contributed by atoms with E-state index in [1.54, 1.807) is 44.2 Å². The van der Waals surface area contributed by atoms with Gasteiger partial charge in [0.1, 0.15) is 23.0 Å². The van der Waals surface area contributed by atoms with E-state index in [4.69, 9.17) is 9.47 Å². The summed E-state index contributed by atoms with van der Waals surface area (Å²) in [6.45, 7) is 0. The maximum absolute atomic E-state index is 14.2. The smallest absolute Gasteiger partial charge is 0.137 e. The molecule has 1 aromatic carbocycles. The molecule has 9 heteroatoms. The second kappa shape index (κ2) is 8.21. The van der Waals surface area contributed by atoms with Gasteiger partial charge >= 0.3 is 0 Å². The number of nitrogens with one attached hydrogen (secondary N) is 2. The van der Waals surface area contributed by atoms with Crippen molar-refractivity contribution in [2.45, 2.75) is 0 Å². The van der Waals surface area contributed by atoms with Crippen molar-refractivity contribution in [3.63, 3.8) is 0 Å². The van der Waals surface area contributed by atoms with Crippen LogP contribution in [0.3, 0.4) is 0 Å². The highest BCUT2D eigenvalue weighted by Gasteiger charge is 2.16. The Morgan fingerprint density at radius 1 is 0.743 bits per heavy atom. The third-order valence-electron chi connectivity index (χ3n) is 5.91. The summed E-state index contributed by atoms with van der Waals surface area (Å²) < 4.78 is 24.7. The maximum Gasteiger partial charge on any atom is 0.137 e. The first-order valence-electron chi connectivity index (χ1n) is 10.8. The van der Waals surface area contributed by atoms with Crippen LogP contribution in [0.5, 0.6) is 11.5 Å². The van der Waals surface area contributed by atoms with Gasteiger partial charge in [-0.1, -0.05) is 0 Å². The summed E-state index contributed by atoms with van der Waals surface area (Å²) >= 11 is 0. The highest BCUT2D eigenvalue weighted by molar-refractivity contribution is 6.01. The zero-order valence-corrected chi connectivity index (χ0v) is 18.8. The Morgan fingerprint density at radius 2 is 1.57 bits per heavy atom. The topological polar surface area (TPSA) is 102 Å². The quantitative estimate of drug-likeness (QED) is 0.353. The summed E-state index contributed by atoms with van der Waals surface area (Å²) in [5.41, 5.74) is 6.18. The summed E-state index contributed by atoms with van der Waals surface area (Å²) in [5, 5.41) is 9.37. The molecule has 0 radical (unpaired) electrons. The van der Waals surface area contributed by atoms with Gasteiger partial charge in [-0.15, -0.1) is 0 Å². The van der Waals surface area contributed by atoms with E-state index in [2.05, 4.69) is 30.1 Å². The van der Waals surface area contributed by atoms with Crippen LogP contribution in [0.4, 0.5) is 4.39 Å². The van der Waals surface area contributed by atoms with Crippen molar-refractivity contribution in [2.75, 3.05) is 14.2 Å². The SMILES string of the molecule is COc1cncc(-c2cc3c(-c4cc5c(-c6cc(F)cc(OC)c6)cncc5[nH]4)n[nH]c3cn2)c1. The maximum atomic E-state index is 14.2. The van der Waals surface area contributed by atoms with Gasteiger partial charge in [0.05, 0.1) is 55.2 Å². The van der Waals surface area contributed by atoms with Gasteiger partial charge < -0.3 is 14.5 Å². The predicted octanol–water partition coefficient (Wildman–Crippen LogP) is 5.39. The first kappa shape index (κ1) is 20.8. The zero-order chi connectivity index (χ0) is 23.9. The number of hydrogen-bond acceptors (Lipinski definition) is 6. The molecule has 6 rings (SSSR count). The van der Waals surface area contributed by atoms with Gasteiger partial charge in [0.2, 0.25) is 0 Å². The third-order valence-corrected chi connectivity index (χ3v) is 5.91. The molecule has 0 atom stereocenters. The number of hydrogen-bond donors (Lipinski definition) is 2. The fourth-order valence-electron chi connectivity index (χ4n) is 4.20. The first-order valence-corrected chi connectivity index (χ1v) is 10.8. The highest BCUT2D eigenvalue weighted by atomic mass is 19.1. The monoisotopic (exact) mass is 466 g/mol. The van der Waals surface area contributed by atoms with Gasteiger partial charge in [-0.25, -0.2) is 4.39 Å². The van der Waals surface area contributed by atoms with Crippen molar-refractivity contribution in [3.8, 4) is 45.3 Å². The van der Waals surface area contributed by atoms with Crippen LogP contribution in [0, 0.1) is 5.82 Å². The molecule has 35 heavy (non-hydrogen) atoms. The number of benzene rings is 1. The van der Waals surface area contributed by atoms with Gasteiger partial charge in [0.25, 0.3) is 0 Å². The van der Waals surface area contributed by atoms with Gasteiger partial charge in [-0.05, 0) is 35.9 Å². The molecule has 0 unspecified atom stereocenters. The lowest BCUT2D eigenvalue weighted by Crippen LogP contribution is -1.88. The summed E-state index contributed by atoms with van der Waals surface area (Å²) in [6, 6.07) is 10.4. The van der Waals surface area contributed by atoms with Crippen molar-refractivity contribution in [1.29, 1.82) is 0 Å². The van der Waals surface area contributed by atoms with Crippen molar-refractivity contribution in [3.05, 3.63) is 73.2 Å². The number of aromatic nitrogens is 6. The average Bonchev–Trinajstić information content (AvgIpc) is 3.51. The molecule has 5 aromatic heterocycles. The van der Waals surface area contributed by atoms with Crippen LogP contribution in [-0.2, 0) is 0 Å². The molecule has 0 saturated heterocycles. The lowest BCUT2D eigenvalue weighted by molar-refractivity contribution is 0.411. The Labute approximate surface area is 198 Å². The normalized spacial score (nSPS) is 11.3. The van der Waals surface area contributed by atoms with E-state index in [1.165, 1.54) is 19.2 Å². The van der Waals surface area contributed by atoms with E-state index in [0.717, 1.165) is 50.0 Å². The van der Waals surface area contributed by atoms with Crippen LogP contribution >= 0.6 is 0 Å². The molecule has 6 aromatic rings. The van der Waals surface area contributed by atoms with Crippen LogP contribution < -0.4 is 9.47 Å². The summed E-state index contributed by atoms with van der Waals surface area (Å²) in [4.78, 5) is 16.5. The molecule has 0 saturated carbocycles. The van der Waals surface area contributed by atoms with Gasteiger partial charge in [-0.2, -0.15) is 5.10 Å². The fraction of sp³-hybridized carbons (Fsp3) is 0.0769. The Bertz CT molecular complexity index is 1710. The summed E-state index contributed by atoms with van der Waals surface area (Å²) in [7, 11) is 3.11. The van der Waals surface area contributed by atoms with Crippen molar-refractivity contribution >= 4 is 21.8 Å². The molecule has 0 fully saturated rings. The van der Waals surface area contributed by atoms with Crippen LogP contribution in [0.15, 0.2) is 67.4 Å². The minimum atomic E-state index is -0.377. The Kier molecular flexibility index (Phi) is 4.88. The Hall–Kier alpha value is -4.79. The minimum absolute atomic E-state index is 0.377. The number of aromatic amines is 2. The number of nitrogens with zero attached hydrogens (tertiary/aromatic N) is 4. The lowest BCUT2D eigenvalue weighted by atomic mass is 10.0. The number of halogens is 1. The number of rotatable bonds is 5. The van der Waals surface area contributed by atoms with E-state index in [-0.39, 0.29) is 5.82 Å². The third kappa shape index (κ3) is 3.63. The molecule has 0 spiro atoms. The van der Waals surface area contributed by atoms with Crippen molar-refractivity contribution in [2.24, 2.45) is 0 Å². The molecule has 0 aliphatic carbocycles. The van der Waals surface area contributed by atoms with Crippen LogP contribution in [0.25, 0.3) is 55.6 Å². The second-order valence-corrected chi connectivity index (χ2v) is 8.01. The molecule has 172 valence electrons. The number of fused-ring (bicyclic) bond motifs is 2. The molecular weight excluding hydrogens is 447 g/mol. The van der Waals surface area contributed by atoms with E-state index in [9.17, 15) is 4.39 Å². The number of pyridine rings is 3. The molecule has 5 heterocycles. The molecule has 0 aliphatic heterocycles. The highest BCUT2D eigenvalue weighted by Crippen LogP contribution is 2.35. The van der Waals surface area contributed by atoms with E-state index in [0.29, 0.717) is 17.1 Å². The van der Waals surface area contributed by atoms with Gasteiger partial charge in [-0.3, -0.25) is 20.1 Å². The molecule has 0 aliphatic rings. The molecule has 0 amide bonds. The minimum Gasteiger partial charge on any atom is -0.497 e. The zero-order valence-electron chi connectivity index (χ0n) is 18.8. The van der Waals surface area contributed by atoms with Gasteiger partial charge in [0.15, 0.2) is 0 Å². The standard InChI is InChI=1S/C26H19FN6O2/c1-34-17-4-14(3-16(27)6-17)21-11-29-12-24-19(21)7-23(31-24)26-20-8-22(30-13-25(20)32-33-26)15-5-18(35-2)10-28-9-15/h3-13,31H,1-2H3,(H,32,33). The molecule has 2 N–H and O–H groups in total. The second-order valence-electron chi connectivity index (χ2n) is 8.01. The Balaban J connectivity index is 1.48.